The number of nitrogens with one attached hydrogen (secondary N) is 3. The van der Waals surface area contributed by atoms with Crippen molar-refractivity contribution in [3.8, 4) is 65.3 Å². The number of benzene rings is 6. The lowest BCUT2D eigenvalue weighted by molar-refractivity contribution is -0.119. The summed E-state index contributed by atoms with van der Waals surface area (Å²) in [4.78, 5) is 68.3. The van der Waals surface area contributed by atoms with Crippen molar-refractivity contribution in [2.24, 2.45) is 5.73 Å². The molecule has 17 rings (SSSR count). The maximum absolute atomic E-state index is 12.3. The van der Waals surface area contributed by atoms with E-state index in [-0.39, 0.29) is 55.5 Å². The van der Waals surface area contributed by atoms with E-state index in [2.05, 4.69) is 100.0 Å². The van der Waals surface area contributed by atoms with E-state index >= 15 is 0 Å². The van der Waals surface area contributed by atoms with Gasteiger partial charge in [-0.05, 0) is 264 Å². The first-order valence-electron chi connectivity index (χ1n) is 44.2. The van der Waals surface area contributed by atoms with Crippen LogP contribution in [0.1, 0.15) is 171 Å². The molecule has 10 aromatic rings. The van der Waals surface area contributed by atoms with E-state index in [9.17, 15) is 14.4 Å². The van der Waals surface area contributed by atoms with Crippen molar-refractivity contribution in [2.75, 3.05) is 71.6 Å². The Morgan fingerprint density at radius 2 is 0.705 bits per heavy atom. The monoisotopic (exact) mass is 1750 g/mol. The number of aryl methyl sites for hydroxylation is 4. The first-order chi connectivity index (χ1) is 59.6. The summed E-state index contributed by atoms with van der Waals surface area (Å²) in [6.45, 7) is 19.1. The molecule has 3 amide bonds. The van der Waals surface area contributed by atoms with Crippen molar-refractivity contribution < 1.29 is 42.8 Å². The molecule has 4 aliphatic carbocycles. The first kappa shape index (κ1) is 89.5. The summed E-state index contributed by atoms with van der Waals surface area (Å²) < 4.78 is 34.2. The molecule has 0 radical (unpaired) electrons. The number of aromatic nitrogens is 4. The van der Waals surface area contributed by atoms with Crippen molar-refractivity contribution in [1.82, 2.24) is 50.6 Å². The van der Waals surface area contributed by atoms with Gasteiger partial charge in [-0.15, -0.1) is 56.9 Å². The lowest BCUT2D eigenvalue weighted by Gasteiger charge is -2.22. The lowest BCUT2D eigenvalue weighted by Crippen LogP contribution is -2.39. The highest BCUT2D eigenvalue weighted by atomic mass is 35.5. The van der Waals surface area contributed by atoms with E-state index in [0.717, 1.165) is 242 Å². The summed E-state index contributed by atoms with van der Waals surface area (Å²) in [5, 5.41) is 13.2. The van der Waals surface area contributed by atoms with E-state index in [1.165, 1.54) is 88.9 Å². The molecule has 7 heterocycles. The van der Waals surface area contributed by atoms with Crippen LogP contribution < -0.4 is 40.6 Å². The van der Waals surface area contributed by atoms with Gasteiger partial charge < -0.3 is 64.8 Å². The van der Waals surface area contributed by atoms with Gasteiger partial charge in [-0.3, -0.25) is 4.79 Å². The molecule has 7 unspecified atom stereocenters. The van der Waals surface area contributed by atoms with Crippen LogP contribution in [-0.4, -0.2) is 167 Å². The highest BCUT2D eigenvalue weighted by molar-refractivity contribution is 7.16. The van der Waals surface area contributed by atoms with Gasteiger partial charge in [0.25, 0.3) is 0 Å². The van der Waals surface area contributed by atoms with Gasteiger partial charge in [-0.25, -0.2) is 29.5 Å². The fourth-order valence-corrected chi connectivity index (χ4v) is 21.5. The number of likely N-dealkylation sites (tertiary alicyclic amines) is 3. The molecular formula is C97H120ClN11O9S4. The standard InChI is InChI=1S/C29H35N3O3S.C24H25ClN2O3S.C23H31N3O2S.C21H29N3OS/c1-21-7-5-16-32(21)17-6-18-34-25-13-10-23(11-14-25)28-31-26-19-24(12-15-27(26)36-28)30-29(33)35-20-22-8-3-2-4-9-22;25-13-4-14-29-20-10-7-18(8-11-20)23-27-21-15-19(9-12-22(21)31-23)26-24(28)30-16-17-5-2-1-3-6-17;1-16-5-3-12-26(16)13-4-14-28-20-9-6-18(7-10-20)23-25-21-15-19(24-17(2)27)8-11-22(21)29-23;1-15-4-2-11-24(15)12-3-13-25-18-8-5-16(6-9-18)21-23-19-14-17(22)7-10-20(19)26-21/h2-4,8-11,13-14,21,24H,5-7,12,15-20H2,1H3,(H,30,33);1-3,5-8,10-11,19H,4,9,12-16H2,(H,26,28);6-7,9-10,16,19H,3-5,8,11-15H2,1-2H3,(H,24,27);5-6,8-9,15,17H,2-4,7,10-14,22H2,1H3. The van der Waals surface area contributed by atoms with Crippen LogP contribution in [0.25, 0.3) is 42.3 Å². The van der Waals surface area contributed by atoms with Crippen molar-refractivity contribution in [3.05, 3.63) is 211 Å². The predicted octanol–water partition coefficient (Wildman–Crippen LogP) is 19.4. The van der Waals surface area contributed by atoms with Crippen molar-refractivity contribution in [2.45, 2.75) is 224 Å². The summed E-state index contributed by atoms with van der Waals surface area (Å²) in [6, 6.07) is 55.2. The number of hydrogen-bond acceptors (Lipinski definition) is 21. The Morgan fingerprint density at radius 1 is 0.402 bits per heavy atom. The topological polar surface area (TPSA) is 230 Å². The number of alkyl halides is 1. The molecule has 0 saturated carbocycles. The van der Waals surface area contributed by atoms with Gasteiger partial charge in [-0.1, -0.05) is 60.7 Å². The normalized spacial score (nSPS) is 19.7. The van der Waals surface area contributed by atoms with Crippen LogP contribution >= 0.6 is 56.9 Å². The van der Waals surface area contributed by atoms with E-state index in [1.54, 1.807) is 40.9 Å². The second kappa shape index (κ2) is 45.7. The van der Waals surface area contributed by atoms with Gasteiger partial charge in [0, 0.05) is 142 Å². The molecule has 4 aromatic heterocycles. The van der Waals surface area contributed by atoms with Crippen LogP contribution in [0.5, 0.6) is 23.0 Å². The van der Waals surface area contributed by atoms with Crippen molar-refractivity contribution in [3.63, 3.8) is 0 Å². The predicted molar refractivity (Wildman–Crippen MR) is 493 cm³/mol. The Morgan fingerprint density at radius 3 is 1.01 bits per heavy atom. The number of thiazole rings is 4. The molecule has 3 aliphatic heterocycles. The van der Waals surface area contributed by atoms with Gasteiger partial charge in [0.05, 0.1) is 49.2 Å². The third kappa shape index (κ3) is 26.6. The Hall–Kier alpha value is -8.82. The molecule has 3 saturated heterocycles. The van der Waals surface area contributed by atoms with Crippen LogP contribution in [0.4, 0.5) is 9.59 Å². The number of ether oxygens (including phenoxy) is 6. The number of nitrogens with two attached hydrogens (primary N) is 1. The zero-order valence-electron chi connectivity index (χ0n) is 71.2. The smallest absolute Gasteiger partial charge is 0.407 e. The van der Waals surface area contributed by atoms with Crippen LogP contribution in [0, 0.1) is 0 Å². The van der Waals surface area contributed by atoms with Crippen LogP contribution in [0.2, 0.25) is 0 Å². The number of carbonyl (C=O) groups excluding carboxylic acids is 3. The third-order valence-electron chi connectivity index (χ3n) is 23.9. The molecule has 3 fully saturated rings. The van der Waals surface area contributed by atoms with Gasteiger partial charge in [0.15, 0.2) is 0 Å². The Labute approximate surface area is 741 Å². The Kier molecular flexibility index (Phi) is 33.5. The Bertz CT molecular complexity index is 4900. The number of carbonyl (C=O) groups is 3. The molecule has 0 spiro atoms. The highest BCUT2D eigenvalue weighted by Crippen LogP contribution is 2.39. The maximum Gasteiger partial charge on any atom is 0.407 e. The molecule has 122 heavy (non-hydrogen) atoms. The average molecular weight is 1750 g/mol. The zero-order chi connectivity index (χ0) is 84.4. The Balaban J connectivity index is 0.000000134. The molecule has 5 N–H and O–H groups in total. The molecule has 0 bridgehead atoms. The minimum Gasteiger partial charge on any atom is -0.494 e. The summed E-state index contributed by atoms with van der Waals surface area (Å²) in [5.41, 5.74) is 17.0. The summed E-state index contributed by atoms with van der Waals surface area (Å²) >= 11 is 12.8. The molecule has 7 atom stereocenters. The molecule has 7 aliphatic rings. The fourth-order valence-electron chi connectivity index (χ4n) is 16.9. The highest BCUT2D eigenvalue weighted by Gasteiger charge is 2.30. The summed E-state index contributed by atoms with van der Waals surface area (Å²) in [5.74, 6) is 4.27. The van der Waals surface area contributed by atoms with Crippen molar-refractivity contribution in [1.29, 1.82) is 0 Å². The lowest BCUT2D eigenvalue weighted by atomic mass is 9.97. The van der Waals surface area contributed by atoms with Gasteiger partial charge in [0.2, 0.25) is 5.91 Å². The van der Waals surface area contributed by atoms with Crippen LogP contribution in [-0.2, 0) is 78.8 Å². The second-order valence-corrected chi connectivity index (χ2v) is 37.9. The largest absolute Gasteiger partial charge is 0.494 e. The quantitative estimate of drug-likeness (QED) is 0.0242. The summed E-state index contributed by atoms with van der Waals surface area (Å²) in [7, 11) is 0. The van der Waals surface area contributed by atoms with Gasteiger partial charge in [-0.2, -0.15) is 0 Å². The first-order valence-corrected chi connectivity index (χ1v) is 48.0. The molecule has 648 valence electrons. The van der Waals surface area contributed by atoms with E-state index in [4.69, 9.17) is 65.7 Å². The van der Waals surface area contributed by atoms with Crippen LogP contribution in [0.15, 0.2) is 158 Å². The number of rotatable bonds is 30. The van der Waals surface area contributed by atoms with Crippen LogP contribution in [0.3, 0.4) is 0 Å². The number of fused-ring (bicyclic) bond motifs is 4. The third-order valence-corrected chi connectivity index (χ3v) is 29.0. The fraction of sp³-hybridized carbons (Fsp3) is 0.474. The number of hydrogen-bond donors (Lipinski definition) is 4. The second-order valence-electron chi connectivity index (χ2n) is 33.2. The van der Waals surface area contributed by atoms with Gasteiger partial charge in [0.1, 0.15) is 56.2 Å². The number of nitrogens with zero attached hydrogens (tertiary/aromatic N) is 7. The molecular weight excluding hydrogens is 1630 g/mol. The number of alkyl carbamates (subject to hydrolysis) is 2. The van der Waals surface area contributed by atoms with Gasteiger partial charge >= 0.3 is 12.2 Å². The molecule has 6 aromatic carbocycles. The summed E-state index contributed by atoms with van der Waals surface area (Å²) in [6.07, 6.45) is 22.3. The van der Waals surface area contributed by atoms with E-state index in [0.29, 0.717) is 18.5 Å². The minimum absolute atomic E-state index is 0.0411. The SMILES string of the molecule is CC(=O)NC1CCc2sc(-c3ccc(OCCCN4CCCC4C)cc3)nc2C1.CC1CCCN1CCCOc1ccc(-c2nc3c(s2)CCC(N)C3)cc1.CC1CCCN1CCCOc1ccc(-c2nc3c(s2)CCC(NC(=O)OCc2ccccc2)C3)cc1.O=C(NC1CCc2sc(-c3ccc(OCCCCl)cc3)nc2C1)OCc1ccccc1. The number of halogens is 1. The molecule has 25 heteroatoms. The average Bonchev–Trinajstić information content (AvgIpc) is 1.49. The maximum atomic E-state index is 12.3. The van der Waals surface area contributed by atoms with E-state index in [1.807, 2.05) is 121 Å². The van der Waals surface area contributed by atoms with Crippen molar-refractivity contribution >= 4 is 75.0 Å². The minimum atomic E-state index is -0.377. The zero-order valence-corrected chi connectivity index (χ0v) is 75.2. The number of amides is 3. The molecule has 20 nitrogen and oxygen atoms in total. The van der Waals surface area contributed by atoms with E-state index < -0.39 is 0 Å².